The second kappa shape index (κ2) is 13.0. The van der Waals surface area contributed by atoms with Crippen LogP contribution in [0, 0.1) is 5.92 Å². The van der Waals surface area contributed by atoms with Crippen LogP contribution in [-0.4, -0.2) is 47.7 Å². The molecule has 4 aromatic rings. The number of hydrogen-bond acceptors (Lipinski definition) is 9. The highest BCUT2D eigenvalue weighted by Crippen LogP contribution is 2.46. The van der Waals surface area contributed by atoms with Gasteiger partial charge in [-0.1, -0.05) is 31.3 Å². The number of ether oxygens (including phenoxy) is 4. The maximum absolute atomic E-state index is 13.9. The van der Waals surface area contributed by atoms with Crippen LogP contribution >= 0.6 is 11.3 Å². The summed E-state index contributed by atoms with van der Waals surface area (Å²) < 4.78 is 24.4. The summed E-state index contributed by atoms with van der Waals surface area (Å²) in [4.78, 5) is 33.9. The van der Waals surface area contributed by atoms with E-state index in [9.17, 15) is 14.7 Å². The summed E-state index contributed by atoms with van der Waals surface area (Å²) in [7, 11) is 0. The van der Waals surface area contributed by atoms with Crippen LogP contribution in [0.15, 0.2) is 60.2 Å². The fourth-order valence-corrected chi connectivity index (χ4v) is 6.83. The second-order valence-electron chi connectivity index (χ2n) is 11.9. The number of anilines is 1. The van der Waals surface area contributed by atoms with Crippen molar-refractivity contribution >= 4 is 44.1 Å². The van der Waals surface area contributed by atoms with Crippen molar-refractivity contribution in [2.75, 3.05) is 24.7 Å². The van der Waals surface area contributed by atoms with Crippen LogP contribution in [0.25, 0.3) is 16.0 Å². The van der Waals surface area contributed by atoms with Gasteiger partial charge in [0.2, 0.25) is 0 Å². The maximum Gasteiger partial charge on any atom is 0.301 e. The number of aliphatic hydroxyl groups excluding tert-OH is 1. The third-order valence-corrected chi connectivity index (χ3v) is 9.03. The second-order valence-corrected chi connectivity index (χ2v) is 12.9. The fraction of sp³-hybridized carbons (Fsp3) is 0.361. The van der Waals surface area contributed by atoms with E-state index >= 15 is 0 Å². The van der Waals surface area contributed by atoms with Gasteiger partial charge in [0.1, 0.15) is 23.4 Å². The molecule has 6 rings (SSSR count). The molecule has 2 unspecified atom stereocenters. The van der Waals surface area contributed by atoms with Gasteiger partial charge in [-0.25, -0.2) is 4.98 Å². The normalized spacial score (nSPS) is 18.7. The SMILES string of the molecule is CCOc1ccc2nc(N3C(=O)C(=O)C(=C(O)c4ccc5c(c4)CC(C)O5)C3c3ccc(OCCC(C)C)c(OCC)c3)sc2c1. The number of carbonyl (C=O) groups excluding carboxylic acids is 2. The number of rotatable bonds is 11. The quantitative estimate of drug-likeness (QED) is 0.102. The molecule has 2 aliphatic heterocycles. The van der Waals surface area contributed by atoms with Gasteiger partial charge >= 0.3 is 5.91 Å². The molecule has 1 aromatic heterocycles. The average molecular weight is 643 g/mol. The van der Waals surface area contributed by atoms with Gasteiger partial charge in [0, 0.05) is 12.0 Å². The Morgan fingerprint density at radius 1 is 1.02 bits per heavy atom. The first-order valence-electron chi connectivity index (χ1n) is 15.7. The average Bonchev–Trinajstić information content (AvgIpc) is 3.69. The summed E-state index contributed by atoms with van der Waals surface area (Å²) in [5.41, 5.74) is 2.58. The highest BCUT2D eigenvalue weighted by Gasteiger charge is 2.48. The van der Waals surface area contributed by atoms with E-state index in [1.807, 2.05) is 51.1 Å². The van der Waals surface area contributed by atoms with Crippen molar-refractivity contribution in [1.82, 2.24) is 4.98 Å². The maximum atomic E-state index is 13.9. The van der Waals surface area contributed by atoms with Gasteiger partial charge in [0.15, 0.2) is 16.6 Å². The Kier molecular flexibility index (Phi) is 8.90. The Morgan fingerprint density at radius 2 is 1.83 bits per heavy atom. The lowest BCUT2D eigenvalue weighted by Crippen LogP contribution is -2.29. The van der Waals surface area contributed by atoms with Gasteiger partial charge < -0.3 is 24.1 Å². The van der Waals surface area contributed by atoms with Crippen molar-refractivity contribution in [3.05, 3.63) is 76.9 Å². The smallest absolute Gasteiger partial charge is 0.301 e. The number of thiazole rings is 1. The summed E-state index contributed by atoms with van der Waals surface area (Å²) in [6.45, 7) is 11.5. The van der Waals surface area contributed by atoms with Crippen molar-refractivity contribution in [2.45, 2.75) is 59.6 Å². The van der Waals surface area contributed by atoms with Gasteiger partial charge in [0.05, 0.1) is 41.7 Å². The molecule has 3 aromatic carbocycles. The van der Waals surface area contributed by atoms with E-state index in [-0.39, 0.29) is 17.4 Å². The molecule has 2 atom stereocenters. The van der Waals surface area contributed by atoms with Crippen molar-refractivity contribution in [3.8, 4) is 23.0 Å². The van der Waals surface area contributed by atoms with Crippen LogP contribution in [0.1, 0.15) is 63.8 Å². The summed E-state index contributed by atoms with van der Waals surface area (Å²) in [5, 5.41) is 12.1. The van der Waals surface area contributed by atoms with E-state index in [0.29, 0.717) is 71.2 Å². The summed E-state index contributed by atoms with van der Waals surface area (Å²) in [6, 6.07) is 15.3. The molecule has 0 radical (unpaired) electrons. The lowest BCUT2D eigenvalue weighted by Gasteiger charge is -2.24. The van der Waals surface area contributed by atoms with Crippen LogP contribution < -0.4 is 23.8 Å². The van der Waals surface area contributed by atoms with E-state index in [0.717, 1.165) is 22.4 Å². The largest absolute Gasteiger partial charge is 0.507 e. The third-order valence-electron chi connectivity index (χ3n) is 8.02. The van der Waals surface area contributed by atoms with Gasteiger partial charge in [-0.15, -0.1) is 0 Å². The van der Waals surface area contributed by atoms with Gasteiger partial charge in [-0.3, -0.25) is 14.5 Å². The van der Waals surface area contributed by atoms with Crippen LogP contribution in [0.4, 0.5) is 5.13 Å². The summed E-state index contributed by atoms with van der Waals surface area (Å²) in [5.74, 6) is 1.14. The third kappa shape index (κ3) is 6.01. The van der Waals surface area contributed by atoms with Gasteiger partial charge in [-0.05, 0) is 92.8 Å². The minimum atomic E-state index is -0.973. The number of carbonyl (C=O) groups is 2. The molecule has 1 saturated heterocycles. The van der Waals surface area contributed by atoms with Crippen molar-refractivity contribution in [3.63, 3.8) is 0 Å². The predicted molar refractivity (Wildman–Crippen MR) is 178 cm³/mol. The van der Waals surface area contributed by atoms with E-state index in [2.05, 4.69) is 13.8 Å². The van der Waals surface area contributed by atoms with Crippen LogP contribution in [0.3, 0.4) is 0 Å². The molecule has 1 amide bonds. The molecular formula is C36H38N2O7S. The predicted octanol–water partition coefficient (Wildman–Crippen LogP) is 7.47. The molecule has 240 valence electrons. The van der Waals surface area contributed by atoms with E-state index < -0.39 is 17.7 Å². The number of Topliss-reactive ketones (excluding diaryl/α,β-unsaturated/α-hetero) is 1. The number of fused-ring (bicyclic) bond motifs is 2. The van der Waals surface area contributed by atoms with E-state index in [1.165, 1.54) is 16.2 Å². The molecule has 1 fully saturated rings. The summed E-state index contributed by atoms with van der Waals surface area (Å²) in [6.07, 6.45) is 1.57. The molecule has 2 aliphatic rings. The Bertz CT molecular complexity index is 1830. The minimum absolute atomic E-state index is 0.0125. The number of aliphatic hydroxyl groups is 1. The molecule has 46 heavy (non-hydrogen) atoms. The van der Waals surface area contributed by atoms with Crippen LogP contribution in [-0.2, 0) is 16.0 Å². The first-order chi connectivity index (χ1) is 22.2. The lowest BCUT2D eigenvalue weighted by atomic mass is 9.94. The Hall–Kier alpha value is -4.57. The van der Waals surface area contributed by atoms with E-state index in [4.69, 9.17) is 23.9 Å². The molecule has 3 heterocycles. The first-order valence-corrected chi connectivity index (χ1v) is 16.5. The highest BCUT2D eigenvalue weighted by molar-refractivity contribution is 7.22. The Morgan fingerprint density at radius 3 is 2.59 bits per heavy atom. The Balaban J connectivity index is 1.49. The number of hydrogen-bond donors (Lipinski definition) is 1. The van der Waals surface area contributed by atoms with Crippen molar-refractivity contribution < 1.29 is 33.6 Å². The molecular weight excluding hydrogens is 604 g/mol. The van der Waals surface area contributed by atoms with Crippen LogP contribution in [0.5, 0.6) is 23.0 Å². The van der Waals surface area contributed by atoms with Crippen molar-refractivity contribution in [1.29, 1.82) is 0 Å². The molecule has 0 saturated carbocycles. The number of nitrogens with zero attached hydrogens (tertiary/aromatic N) is 2. The lowest BCUT2D eigenvalue weighted by molar-refractivity contribution is -0.132. The number of ketones is 1. The molecule has 10 heteroatoms. The minimum Gasteiger partial charge on any atom is -0.507 e. The van der Waals surface area contributed by atoms with E-state index in [1.54, 1.807) is 24.3 Å². The number of benzene rings is 3. The zero-order valence-corrected chi connectivity index (χ0v) is 27.5. The zero-order chi connectivity index (χ0) is 32.5. The Labute approximate surface area is 272 Å². The highest BCUT2D eigenvalue weighted by atomic mass is 32.1. The van der Waals surface area contributed by atoms with Crippen LogP contribution in [0.2, 0.25) is 0 Å². The number of aromatic nitrogens is 1. The van der Waals surface area contributed by atoms with Gasteiger partial charge in [-0.2, -0.15) is 0 Å². The standard InChI is InChI=1S/C36H38N2O7S/c1-6-42-25-10-11-26-30(19-25)46-36(37-26)38-32(22-8-13-28(29(18-22)43-7-2)44-15-14-20(3)4)31(34(40)35(38)41)33(39)23-9-12-27-24(17-23)16-21(5)45-27/h8-13,17-21,32,39H,6-7,14-16H2,1-5H3. The number of amides is 1. The fourth-order valence-electron chi connectivity index (χ4n) is 5.81. The zero-order valence-electron chi connectivity index (χ0n) is 26.7. The first kappa shape index (κ1) is 31.4. The van der Waals surface area contributed by atoms with Crippen molar-refractivity contribution in [2.24, 2.45) is 5.92 Å². The topological polar surface area (TPSA) is 107 Å². The molecule has 9 nitrogen and oxygen atoms in total. The molecule has 1 N–H and O–H groups in total. The molecule has 0 spiro atoms. The monoisotopic (exact) mass is 642 g/mol. The molecule has 0 bridgehead atoms. The summed E-state index contributed by atoms with van der Waals surface area (Å²) >= 11 is 1.28. The molecule has 0 aliphatic carbocycles. The van der Waals surface area contributed by atoms with Gasteiger partial charge in [0.25, 0.3) is 5.78 Å².